The number of hydrogen-bond acceptors (Lipinski definition) is 9. The predicted molar refractivity (Wildman–Crippen MR) is 82.5 cm³/mol. The first kappa shape index (κ1) is 17.6. The molecule has 2 aromatic heterocycles. The minimum Gasteiger partial charge on any atom is -0.394 e. The van der Waals surface area contributed by atoms with Gasteiger partial charge in [0.2, 0.25) is 0 Å². The lowest BCUT2D eigenvalue weighted by atomic mass is 9.96. The molecule has 3 rings (SSSR count). The van der Waals surface area contributed by atoms with E-state index in [0.717, 1.165) is 6.33 Å². The van der Waals surface area contributed by atoms with Crippen molar-refractivity contribution in [3.63, 3.8) is 0 Å². The van der Waals surface area contributed by atoms with Crippen molar-refractivity contribution in [2.75, 3.05) is 11.7 Å². The first-order valence-electron chi connectivity index (χ1n) is 7.69. The second-order valence-electron chi connectivity index (χ2n) is 5.96. The highest BCUT2D eigenvalue weighted by Crippen LogP contribution is 2.39. The minimum atomic E-state index is -1.72. The van der Waals surface area contributed by atoms with Crippen molar-refractivity contribution < 1.29 is 30.1 Å². The molecule has 1 saturated heterocycles. The van der Waals surface area contributed by atoms with Crippen molar-refractivity contribution in [3.8, 4) is 0 Å². The fourth-order valence-corrected chi connectivity index (χ4v) is 2.82. The average molecular weight is 353 g/mol. The Morgan fingerprint density at radius 3 is 2.76 bits per heavy atom. The molecule has 0 spiro atoms. The number of aliphatic hydroxyl groups excluding tert-OH is 2. The second-order valence-corrected chi connectivity index (χ2v) is 5.96. The number of ether oxygens (including phenoxy) is 1. The SMILES string of the molecule is CCC(=O)N(O)c1ncnc2c1ncn2C1OC(CO)C(O)C1(C)O. The number of carbonyl (C=O) groups excluding carboxylic acids is 1. The monoisotopic (exact) mass is 353 g/mol. The van der Waals surface area contributed by atoms with E-state index in [1.54, 1.807) is 6.92 Å². The molecule has 1 fully saturated rings. The van der Waals surface area contributed by atoms with Gasteiger partial charge in [-0.25, -0.2) is 15.0 Å². The molecule has 0 bridgehead atoms. The van der Waals surface area contributed by atoms with Crippen LogP contribution in [0.25, 0.3) is 11.2 Å². The molecule has 4 atom stereocenters. The third kappa shape index (κ3) is 2.65. The molecule has 0 aromatic carbocycles. The number of carbonyl (C=O) groups is 1. The van der Waals surface area contributed by atoms with E-state index in [0.29, 0.717) is 5.06 Å². The Balaban J connectivity index is 2.07. The van der Waals surface area contributed by atoms with Crippen LogP contribution in [0.2, 0.25) is 0 Å². The third-order valence-electron chi connectivity index (χ3n) is 4.27. The van der Waals surface area contributed by atoms with Crippen LogP contribution in [0.15, 0.2) is 12.7 Å². The van der Waals surface area contributed by atoms with Crippen molar-refractivity contribution in [2.24, 2.45) is 0 Å². The van der Waals surface area contributed by atoms with Crippen LogP contribution < -0.4 is 5.06 Å². The highest BCUT2D eigenvalue weighted by atomic mass is 16.6. The molecule has 0 radical (unpaired) electrons. The Labute approximate surface area is 142 Å². The largest absolute Gasteiger partial charge is 0.394 e. The summed E-state index contributed by atoms with van der Waals surface area (Å²) < 4.78 is 6.88. The maximum atomic E-state index is 11.7. The number of anilines is 1. The summed E-state index contributed by atoms with van der Waals surface area (Å²) in [7, 11) is 0. The number of fused-ring (bicyclic) bond motifs is 1. The molecular formula is C14H19N5O6. The molecule has 2 aromatic rings. The zero-order chi connectivity index (χ0) is 18.4. The van der Waals surface area contributed by atoms with Crippen molar-refractivity contribution in [1.29, 1.82) is 0 Å². The standard InChI is InChI=1S/C14H19N5O6/c1-3-8(21)19(24)12-9-11(15-5-16-12)18(6-17-9)13-14(2,23)10(22)7(4-20)25-13/h5-7,10,13,20,22-24H,3-4H2,1-2H3. The highest BCUT2D eigenvalue weighted by molar-refractivity contribution is 5.96. The number of nitrogens with zero attached hydrogens (tertiary/aromatic N) is 5. The summed E-state index contributed by atoms with van der Waals surface area (Å²) in [5.74, 6) is -0.679. The van der Waals surface area contributed by atoms with Crippen LogP contribution in [0.1, 0.15) is 26.5 Å². The summed E-state index contributed by atoms with van der Waals surface area (Å²) >= 11 is 0. The summed E-state index contributed by atoms with van der Waals surface area (Å²) in [5.41, 5.74) is -1.42. The quantitative estimate of drug-likeness (QED) is 0.398. The summed E-state index contributed by atoms with van der Waals surface area (Å²) in [6.45, 7) is 2.48. The summed E-state index contributed by atoms with van der Waals surface area (Å²) in [5, 5.41) is 40.3. The van der Waals surface area contributed by atoms with Gasteiger partial charge in [0.05, 0.1) is 12.9 Å². The maximum absolute atomic E-state index is 11.7. The van der Waals surface area contributed by atoms with Crippen LogP contribution >= 0.6 is 0 Å². The average Bonchev–Trinajstić information content (AvgIpc) is 3.12. The van der Waals surface area contributed by atoms with Gasteiger partial charge in [-0.2, -0.15) is 5.06 Å². The first-order chi connectivity index (χ1) is 11.8. The van der Waals surface area contributed by atoms with Crippen molar-refractivity contribution in [2.45, 2.75) is 44.3 Å². The van der Waals surface area contributed by atoms with E-state index in [1.165, 1.54) is 17.8 Å². The maximum Gasteiger partial charge on any atom is 0.251 e. The molecule has 1 aliphatic rings. The molecule has 0 saturated carbocycles. The Morgan fingerprint density at radius 1 is 1.44 bits per heavy atom. The van der Waals surface area contributed by atoms with Gasteiger partial charge < -0.3 is 20.1 Å². The number of amides is 1. The lowest BCUT2D eigenvalue weighted by Crippen LogP contribution is -2.44. The van der Waals surface area contributed by atoms with Crippen LogP contribution in [0.4, 0.5) is 5.82 Å². The molecule has 4 N–H and O–H groups in total. The number of rotatable bonds is 4. The number of hydrogen-bond donors (Lipinski definition) is 4. The lowest BCUT2D eigenvalue weighted by Gasteiger charge is -2.27. The van der Waals surface area contributed by atoms with Crippen LogP contribution in [0, 0.1) is 0 Å². The lowest BCUT2D eigenvalue weighted by molar-refractivity contribution is -0.123. The van der Waals surface area contributed by atoms with Gasteiger partial charge in [0.1, 0.15) is 24.1 Å². The minimum absolute atomic E-state index is 0.0630. The molecule has 25 heavy (non-hydrogen) atoms. The molecule has 4 unspecified atom stereocenters. The van der Waals surface area contributed by atoms with E-state index in [-0.39, 0.29) is 23.4 Å². The van der Waals surface area contributed by atoms with Gasteiger partial charge in [-0.3, -0.25) is 14.6 Å². The smallest absolute Gasteiger partial charge is 0.251 e. The van der Waals surface area contributed by atoms with Gasteiger partial charge in [0, 0.05) is 6.42 Å². The summed E-state index contributed by atoms with van der Waals surface area (Å²) in [6.07, 6.45) is -0.897. The number of aromatic nitrogens is 4. The van der Waals surface area contributed by atoms with Gasteiger partial charge in [0.25, 0.3) is 5.91 Å². The second kappa shape index (κ2) is 6.28. The molecule has 3 heterocycles. The van der Waals surface area contributed by atoms with E-state index in [9.17, 15) is 25.3 Å². The molecule has 1 aliphatic heterocycles. The molecule has 0 aliphatic carbocycles. The zero-order valence-corrected chi connectivity index (χ0v) is 13.6. The topological polar surface area (TPSA) is 154 Å². The van der Waals surface area contributed by atoms with Gasteiger partial charge in [0.15, 0.2) is 23.2 Å². The van der Waals surface area contributed by atoms with Gasteiger partial charge >= 0.3 is 0 Å². The van der Waals surface area contributed by atoms with E-state index in [1.807, 2.05) is 0 Å². The fourth-order valence-electron chi connectivity index (χ4n) is 2.82. The van der Waals surface area contributed by atoms with Gasteiger partial charge in [-0.1, -0.05) is 6.92 Å². The highest BCUT2D eigenvalue weighted by Gasteiger charge is 2.53. The summed E-state index contributed by atoms with van der Waals surface area (Å²) in [6, 6.07) is 0. The van der Waals surface area contributed by atoms with E-state index < -0.39 is 36.6 Å². The van der Waals surface area contributed by atoms with Crippen molar-refractivity contribution >= 4 is 22.9 Å². The summed E-state index contributed by atoms with van der Waals surface area (Å²) in [4.78, 5) is 23.7. The third-order valence-corrected chi connectivity index (χ3v) is 4.27. The van der Waals surface area contributed by atoms with Crippen molar-refractivity contribution in [3.05, 3.63) is 12.7 Å². The number of aliphatic hydroxyl groups is 3. The van der Waals surface area contributed by atoms with Crippen molar-refractivity contribution in [1.82, 2.24) is 19.5 Å². The van der Waals surface area contributed by atoms with E-state index in [2.05, 4.69) is 15.0 Å². The Hall–Kier alpha value is -2.18. The Bertz CT molecular complexity index is 793. The first-order valence-corrected chi connectivity index (χ1v) is 7.69. The van der Waals surface area contributed by atoms with Gasteiger partial charge in [-0.05, 0) is 6.92 Å². The van der Waals surface area contributed by atoms with Crippen LogP contribution in [0.3, 0.4) is 0 Å². The molecular weight excluding hydrogens is 334 g/mol. The van der Waals surface area contributed by atoms with E-state index in [4.69, 9.17) is 4.74 Å². The van der Waals surface area contributed by atoms with Crippen LogP contribution in [-0.2, 0) is 9.53 Å². The Morgan fingerprint density at radius 2 is 2.16 bits per heavy atom. The molecule has 11 heteroatoms. The molecule has 1 amide bonds. The number of imidazole rings is 1. The van der Waals surface area contributed by atoms with E-state index >= 15 is 0 Å². The predicted octanol–water partition coefficient (Wildman–Crippen LogP) is -1.04. The molecule has 136 valence electrons. The fraction of sp³-hybridized carbons (Fsp3) is 0.571. The van der Waals surface area contributed by atoms with Crippen LogP contribution in [0.5, 0.6) is 0 Å². The van der Waals surface area contributed by atoms with Gasteiger partial charge in [-0.15, -0.1) is 0 Å². The normalized spacial score (nSPS) is 29.3. The Kier molecular flexibility index (Phi) is 4.43. The van der Waals surface area contributed by atoms with Crippen LogP contribution in [-0.4, -0.2) is 70.4 Å². The molecule has 11 nitrogen and oxygen atoms in total. The number of hydroxylamine groups is 1. The zero-order valence-electron chi connectivity index (χ0n) is 13.6.